The number of carbonyl (C=O) groups is 1. The maximum absolute atomic E-state index is 11.2. The quantitative estimate of drug-likeness (QED) is 0.317. The zero-order valence-electron chi connectivity index (χ0n) is 16.2. The van der Waals surface area contributed by atoms with Gasteiger partial charge in [0.2, 0.25) is 5.91 Å². The first-order valence-electron chi connectivity index (χ1n) is 8.82. The summed E-state index contributed by atoms with van der Waals surface area (Å²) >= 11 is 0. The molecule has 0 saturated heterocycles. The lowest BCUT2D eigenvalue weighted by atomic mass is 10.1. The van der Waals surface area contributed by atoms with Crippen LogP contribution < -0.4 is 16.0 Å². The van der Waals surface area contributed by atoms with Crippen molar-refractivity contribution < 1.29 is 9.32 Å². The normalized spacial score (nSPS) is 11.1. The van der Waals surface area contributed by atoms with Gasteiger partial charge in [0.1, 0.15) is 0 Å². The van der Waals surface area contributed by atoms with Crippen LogP contribution in [-0.4, -0.2) is 23.6 Å². The molecule has 27 heavy (non-hydrogen) atoms. The Morgan fingerprint density at radius 3 is 2.67 bits per heavy atom. The number of halogens is 1. The van der Waals surface area contributed by atoms with Crippen LogP contribution in [0.1, 0.15) is 50.6 Å². The molecule has 1 aromatic carbocycles. The van der Waals surface area contributed by atoms with Crippen molar-refractivity contribution in [3.63, 3.8) is 0 Å². The fourth-order valence-corrected chi connectivity index (χ4v) is 2.32. The number of nitrogens with zero attached hydrogens (tertiary/aromatic N) is 2. The van der Waals surface area contributed by atoms with Crippen LogP contribution in [0.15, 0.2) is 39.8 Å². The van der Waals surface area contributed by atoms with Crippen LogP contribution in [0.25, 0.3) is 0 Å². The third-order valence-corrected chi connectivity index (χ3v) is 3.61. The molecule has 0 aliphatic rings. The summed E-state index contributed by atoms with van der Waals surface area (Å²) in [6.45, 7) is 9.43. The number of anilines is 1. The molecule has 0 fully saturated rings. The van der Waals surface area contributed by atoms with E-state index in [1.165, 1.54) is 6.92 Å². The third-order valence-electron chi connectivity index (χ3n) is 3.61. The molecule has 0 radical (unpaired) electrons. The van der Waals surface area contributed by atoms with E-state index in [-0.39, 0.29) is 29.9 Å². The van der Waals surface area contributed by atoms with E-state index in [4.69, 9.17) is 4.52 Å². The highest BCUT2D eigenvalue weighted by molar-refractivity contribution is 14.0. The second-order valence-electron chi connectivity index (χ2n) is 6.30. The van der Waals surface area contributed by atoms with Gasteiger partial charge in [-0.05, 0) is 30.5 Å². The predicted molar refractivity (Wildman–Crippen MR) is 118 cm³/mol. The number of rotatable bonds is 7. The smallest absolute Gasteiger partial charge is 0.221 e. The van der Waals surface area contributed by atoms with E-state index in [1.54, 1.807) is 0 Å². The molecule has 1 heterocycles. The van der Waals surface area contributed by atoms with Gasteiger partial charge in [-0.2, -0.15) is 0 Å². The Bertz CT molecular complexity index is 758. The van der Waals surface area contributed by atoms with E-state index < -0.39 is 0 Å². The molecular formula is C19H28IN5O2. The van der Waals surface area contributed by atoms with Crippen molar-refractivity contribution in [1.29, 1.82) is 0 Å². The summed E-state index contributed by atoms with van der Waals surface area (Å²) in [6.07, 6.45) is 0. The minimum atomic E-state index is -0.0894. The molecular weight excluding hydrogens is 457 g/mol. The van der Waals surface area contributed by atoms with Crippen molar-refractivity contribution in [1.82, 2.24) is 15.8 Å². The summed E-state index contributed by atoms with van der Waals surface area (Å²) in [5.41, 5.74) is 2.72. The SMILES string of the molecule is CCNC(=NCc1cccc(NC(C)=O)c1)NCc1cc(C(C)C)no1.I. The summed E-state index contributed by atoms with van der Waals surface area (Å²) in [6, 6.07) is 9.61. The number of benzene rings is 1. The van der Waals surface area contributed by atoms with Crippen molar-refractivity contribution in [2.24, 2.45) is 4.99 Å². The fraction of sp³-hybridized carbons (Fsp3) is 0.421. The molecule has 1 amide bonds. The first kappa shape index (κ1) is 22.9. The molecule has 7 nitrogen and oxygen atoms in total. The second-order valence-corrected chi connectivity index (χ2v) is 6.30. The van der Waals surface area contributed by atoms with E-state index in [2.05, 4.69) is 39.9 Å². The average Bonchev–Trinajstić information content (AvgIpc) is 3.06. The molecule has 0 spiro atoms. The van der Waals surface area contributed by atoms with Gasteiger partial charge in [0.05, 0.1) is 18.8 Å². The van der Waals surface area contributed by atoms with Gasteiger partial charge in [-0.1, -0.05) is 31.1 Å². The van der Waals surface area contributed by atoms with E-state index in [0.29, 0.717) is 25.0 Å². The van der Waals surface area contributed by atoms with E-state index in [0.717, 1.165) is 29.2 Å². The monoisotopic (exact) mass is 485 g/mol. The second kappa shape index (κ2) is 11.6. The van der Waals surface area contributed by atoms with Gasteiger partial charge in [-0.15, -0.1) is 24.0 Å². The Hall–Kier alpha value is -2.10. The van der Waals surface area contributed by atoms with E-state index in [9.17, 15) is 4.79 Å². The standard InChI is InChI=1S/C19H27N5O2.HI/c1-5-20-19(22-12-17-10-18(13(2)3)24-26-17)21-11-15-7-6-8-16(9-15)23-14(4)25;/h6-10,13H,5,11-12H2,1-4H3,(H,23,25)(H2,20,21,22);1H. The fourth-order valence-electron chi connectivity index (χ4n) is 2.32. The number of aromatic nitrogens is 1. The highest BCUT2D eigenvalue weighted by Gasteiger charge is 2.08. The van der Waals surface area contributed by atoms with Gasteiger partial charge in [0.25, 0.3) is 0 Å². The summed E-state index contributed by atoms with van der Waals surface area (Å²) in [7, 11) is 0. The molecule has 0 saturated carbocycles. The molecule has 0 atom stereocenters. The van der Waals surface area contributed by atoms with Crippen LogP contribution in [0, 0.1) is 0 Å². The lowest BCUT2D eigenvalue weighted by molar-refractivity contribution is -0.114. The Morgan fingerprint density at radius 2 is 2.04 bits per heavy atom. The van der Waals surface area contributed by atoms with Crippen molar-refractivity contribution in [3.8, 4) is 0 Å². The van der Waals surface area contributed by atoms with E-state index in [1.807, 2.05) is 37.3 Å². The van der Waals surface area contributed by atoms with E-state index >= 15 is 0 Å². The van der Waals surface area contributed by atoms with Crippen molar-refractivity contribution in [2.75, 3.05) is 11.9 Å². The maximum Gasteiger partial charge on any atom is 0.221 e. The van der Waals surface area contributed by atoms with Crippen LogP contribution in [-0.2, 0) is 17.9 Å². The number of hydrogen-bond acceptors (Lipinski definition) is 4. The summed E-state index contributed by atoms with van der Waals surface area (Å²) in [5, 5.41) is 13.3. The van der Waals surface area contributed by atoms with Crippen molar-refractivity contribution >= 4 is 41.5 Å². The van der Waals surface area contributed by atoms with Crippen LogP contribution in [0.4, 0.5) is 5.69 Å². The molecule has 8 heteroatoms. The van der Waals surface area contributed by atoms with Gasteiger partial charge in [-0.25, -0.2) is 4.99 Å². The molecule has 3 N–H and O–H groups in total. The first-order valence-corrected chi connectivity index (χ1v) is 8.82. The Labute approximate surface area is 177 Å². The largest absolute Gasteiger partial charge is 0.359 e. The summed E-state index contributed by atoms with van der Waals surface area (Å²) in [4.78, 5) is 15.7. The Balaban J connectivity index is 0.00000364. The first-order chi connectivity index (χ1) is 12.5. The Kier molecular flexibility index (Phi) is 9.84. The molecule has 0 aliphatic heterocycles. The van der Waals surface area contributed by atoms with Crippen LogP contribution in [0.2, 0.25) is 0 Å². The van der Waals surface area contributed by atoms with Gasteiger partial charge in [-0.3, -0.25) is 4.79 Å². The summed E-state index contributed by atoms with van der Waals surface area (Å²) in [5.74, 6) is 1.71. The average molecular weight is 485 g/mol. The van der Waals surface area contributed by atoms with Crippen LogP contribution in [0.3, 0.4) is 0 Å². The minimum absolute atomic E-state index is 0. The number of aliphatic imine (C=N–C) groups is 1. The van der Waals surface area contributed by atoms with Crippen molar-refractivity contribution in [3.05, 3.63) is 47.3 Å². The summed E-state index contributed by atoms with van der Waals surface area (Å²) < 4.78 is 5.33. The number of guanidine groups is 1. The third kappa shape index (κ3) is 7.98. The van der Waals surface area contributed by atoms with Gasteiger partial charge < -0.3 is 20.5 Å². The molecule has 2 rings (SSSR count). The number of carbonyl (C=O) groups excluding carboxylic acids is 1. The van der Waals surface area contributed by atoms with Crippen molar-refractivity contribution in [2.45, 2.75) is 46.7 Å². The molecule has 0 bridgehead atoms. The van der Waals surface area contributed by atoms with Crippen LogP contribution >= 0.6 is 24.0 Å². The minimum Gasteiger partial charge on any atom is -0.359 e. The zero-order valence-corrected chi connectivity index (χ0v) is 18.5. The zero-order chi connectivity index (χ0) is 18.9. The molecule has 0 unspecified atom stereocenters. The molecule has 0 aliphatic carbocycles. The van der Waals surface area contributed by atoms with Gasteiger partial charge >= 0.3 is 0 Å². The molecule has 1 aromatic heterocycles. The van der Waals surface area contributed by atoms with Gasteiger partial charge in [0, 0.05) is 25.2 Å². The molecule has 2 aromatic rings. The topological polar surface area (TPSA) is 91.5 Å². The van der Waals surface area contributed by atoms with Crippen LogP contribution in [0.5, 0.6) is 0 Å². The van der Waals surface area contributed by atoms with Gasteiger partial charge in [0.15, 0.2) is 11.7 Å². The highest BCUT2D eigenvalue weighted by atomic mass is 127. The number of nitrogens with one attached hydrogen (secondary N) is 3. The maximum atomic E-state index is 11.2. The number of hydrogen-bond donors (Lipinski definition) is 3. The Morgan fingerprint density at radius 1 is 1.26 bits per heavy atom. The molecule has 148 valence electrons. The lowest BCUT2D eigenvalue weighted by Gasteiger charge is -2.10. The lowest BCUT2D eigenvalue weighted by Crippen LogP contribution is -2.36. The number of amides is 1. The highest BCUT2D eigenvalue weighted by Crippen LogP contribution is 2.14. The predicted octanol–water partition coefficient (Wildman–Crippen LogP) is 3.63.